The van der Waals surface area contributed by atoms with Crippen LogP contribution in [0.15, 0.2) is 39.7 Å². The Labute approximate surface area is 185 Å². The summed E-state index contributed by atoms with van der Waals surface area (Å²) in [5, 5.41) is 0. The highest BCUT2D eigenvalue weighted by Gasteiger charge is 2.56. The molecule has 2 aromatic carbocycles. The van der Waals surface area contributed by atoms with Gasteiger partial charge in [0, 0.05) is 32.9 Å². The molecule has 4 rings (SSSR count). The van der Waals surface area contributed by atoms with E-state index in [1.807, 2.05) is 0 Å². The number of hydrogen-bond acceptors (Lipinski definition) is 5. The quantitative estimate of drug-likeness (QED) is 0.346. The van der Waals surface area contributed by atoms with Gasteiger partial charge in [-0.1, -0.05) is 31.9 Å². The van der Waals surface area contributed by atoms with E-state index in [-0.39, 0.29) is 42.3 Å². The summed E-state index contributed by atoms with van der Waals surface area (Å²) in [5.41, 5.74) is -5.63. The number of ether oxygens (including phenoxy) is 3. The molecule has 1 saturated heterocycles. The van der Waals surface area contributed by atoms with E-state index in [2.05, 4.69) is 31.9 Å². The third-order valence-corrected chi connectivity index (χ3v) is 7.49. The van der Waals surface area contributed by atoms with Crippen molar-refractivity contribution < 1.29 is 40.2 Å². The van der Waals surface area contributed by atoms with Crippen LogP contribution in [0.25, 0.3) is 0 Å². The lowest BCUT2D eigenvalue weighted by molar-refractivity contribution is -0.165. The first kappa shape index (κ1) is 22.0. The fourth-order valence-electron chi connectivity index (χ4n) is 3.59. The minimum atomic E-state index is -5.70. The smallest absolute Gasteiger partial charge is 0.457 e. The van der Waals surface area contributed by atoms with Gasteiger partial charge < -0.3 is 14.2 Å². The molecule has 1 atom stereocenters. The minimum absolute atomic E-state index is 0.0376. The predicted molar refractivity (Wildman–Crippen MR) is 104 cm³/mol. The molecule has 0 N–H and O–H groups in total. The van der Waals surface area contributed by atoms with Crippen LogP contribution in [-0.2, 0) is 25.1 Å². The maximum atomic E-state index is 13.7. The van der Waals surface area contributed by atoms with Gasteiger partial charge in [-0.3, -0.25) is 0 Å². The van der Waals surface area contributed by atoms with Crippen LogP contribution >= 0.6 is 31.9 Å². The van der Waals surface area contributed by atoms with Crippen LogP contribution in [0.4, 0.5) is 17.6 Å². The molecule has 2 aromatic rings. The van der Waals surface area contributed by atoms with Crippen molar-refractivity contribution in [2.75, 3.05) is 13.2 Å². The molecule has 1 fully saturated rings. The fourth-order valence-corrected chi connectivity index (χ4v) is 5.95. The lowest BCUT2D eigenvalue weighted by Crippen LogP contribution is -2.30. The zero-order chi connectivity index (χ0) is 21.9. The van der Waals surface area contributed by atoms with Gasteiger partial charge in [0.15, 0.2) is 5.79 Å². The molecule has 0 amide bonds. The van der Waals surface area contributed by atoms with Gasteiger partial charge in [0.2, 0.25) is 0 Å². The molecule has 1 aliphatic heterocycles. The molecule has 0 saturated carbocycles. The molecule has 1 spiro atoms. The SMILES string of the molecule is O=S(=O)(c1ccc(Oc2cc(F)cc(Br)c2)c2c1C1(CC2Br)OCCO1)C(F)(F)F. The maximum Gasteiger partial charge on any atom is 0.501 e. The summed E-state index contributed by atoms with van der Waals surface area (Å²) in [6, 6.07) is 5.68. The van der Waals surface area contributed by atoms with E-state index in [0.29, 0.717) is 4.47 Å². The topological polar surface area (TPSA) is 61.8 Å². The minimum Gasteiger partial charge on any atom is -0.457 e. The van der Waals surface area contributed by atoms with Crippen molar-refractivity contribution in [2.24, 2.45) is 0 Å². The van der Waals surface area contributed by atoms with Crippen LogP contribution in [0.3, 0.4) is 0 Å². The lowest BCUT2D eigenvalue weighted by atomic mass is 10.1. The first-order valence-electron chi connectivity index (χ1n) is 8.49. The second-order valence-electron chi connectivity index (χ2n) is 6.63. The molecule has 5 nitrogen and oxygen atoms in total. The van der Waals surface area contributed by atoms with Crippen molar-refractivity contribution >= 4 is 41.7 Å². The Hall–Kier alpha value is -1.21. The summed E-state index contributed by atoms with van der Waals surface area (Å²) in [6.07, 6.45) is 0.0376. The zero-order valence-electron chi connectivity index (χ0n) is 14.8. The van der Waals surface area contributed by atoms with Crippen molar-refractivity contribution in [3.63, 3.8) is 0 Å². The largest absolute Gasteiger partial charge is 0.501 e. The molecule has 2 aliphatic rings. The van der Waals surface area contributed by atoms with Gasteiger partial charge in [0.05, 0.1) is 18.1 Å². The molecule has 0 radical (unpaired) electrons. The molecule has 1 aliphatic carbocycles. The van der Waals surface area contributed by atoms with Gasteiger partial charge >= 0.3 is 5.51 Å². The molecule has 1 heterocycles. The molecule has 12 heteroatoms. The fraction of sp³-hybridized carbons (Fsp3) is 0.333. The van der Waals surface area contributed by atoms with Crippen LogP contribution in [-0.4, -0.2) is 27.1 Å². The number of sulfone groups is 1. The van der Waals surface area contributed by atoms with Crippen LogP contribution in [0, 0.1) is 5.82 Å². The van der Waals surface area contributed by atoms with Crippen LogP contribution in [0.2, 0.25) is 0 Å². The van der Waals surface area contributed by atoms with Crippen LogP contribution in [0.1, 0.15) is 22.4 Å². The summed E-state index contributed by atoms with van der Waals surface area (Å²) in [7, 11) is -5.70. The summed E-state index contributed by atoms with van der Waals surface area (Å²) in [6.45, 7) is 0.180. The Morgan fingerprint density at radius 3 is 2.40 bits per heavy atom. The van der Waals surface area contributed by atoms with Gasteiger partial charge in [-0.2, -0.15) is 13.2 Å². The number of fused-ring (bicyclic) bond motifs is 2. The molecule has 0 bridgehead atoms. The monoisotopic (exact) mass is 574 g/mol. The summed E-state index contributed by atoms with van der Waals surface area (Å²) in [4.78, 5) is -1.58. The van der Waals surface area contributed by atoms with E-state index >= 15 is 0 Å². The third kappa shape index (κ3) is 3.56. The summed E-state index contributed by atoms with van der Waals surface area (Å²) in [5.74, 6) is -2.12. The number of hydrogen-bond donors (Lipinski definition) is 0. The van der Waals surface area contributed by atoms with Gasteiger partial charge in [0.25, 0.3) is 9.84 Å². The highest BCUT2D eigenvalue weighted by atomic mass is 79.9. The number of rotatable bonds is 3. The Balaban J connectivity index is 1.93. The van der Waals surface area contributed by atoms with Gasteiger partial charge in [-0.05, 0) is 24.3 Å². The van der Waals surface area contributed by atoms with Gasteiger partial charge in [-0.25, -0.2) is 12.8 Å². The number of halogens is 6. The molecular formula is C18H12Br2F4O5S. The molecule has 0 aromatic heterocycles. The first-order chi connectivity index (χ1) is 13.9. The Bertz CT molecular complexity index is 1090. The average molecular weight is 576 g/mol. The second kappa shape index (κ2) is 7.44. The molecule has 30 heavy (non-hydrogen) atoms. The van der Waals surface area contributed by atoms with E-state index in [0.717, 1.165) is 18.2 Å². The van der Waals surface area contributed by atoms with Crippen molar-refractivity contribution in [1.82, 2.24) is 0 Å². The second-order valence-corrected chi connectivity index (χ2v) is 10.6. The normalized spacial score (nSPS) is 20.5. The van der Waals surface area contributed by atoms with Crippen LogP contribution < -0.4 is 4.74 Å². The molecule has 162 valence electrons. The average Bonchev–Trinajstić information content (AvgIpc) is 3.19. The first-order valence-corrected chi connectivity index (χ1v) is 11.7. The Morgan fingerprint density at radius 1 is 1.13 bits per heavy atom. The van der Waals surface area contributed by atoms with Crippen molar-refractivity contribution in [2.45, 2.75) is 27.4 Å². The van der Waals surface area contributed by atoms with E-state index in [1.165, 1.54) is 12.1 Å². The predicted octanol–water partition coefficient (Wildman–Crippen LogP) is 5.71. The standard InChI is InChI=1S/C18H12Br2F4O5S/c19-9-5-10(21)7-11(6-9)29-13-1-2-14(30(25,26)18(22,23)24)16-15(13)12(20)8-17(16)27-3-4-28-17/h1-2,5-7,12H,3-4,8H2. The van der Waals surface area contributed by atoms with E-state index in [4.69, 9.17) is 14.2 Å². The summed E-state index contributed by atoms with van der Waals surface area (Å²) >= 11 is 6.50. The van der Waals surface area contributed by atoms with E-state index in [1.54, 1.807) is 0 Å². The van der Waals surface area contributed by atoms with Crippen molar-refractivity contribution in [3.05, 3.63) is 51.7 Å². The molecular weight excluding hydrogens is 564 g/mol. The van der Waals surface area contributed by atoms with Crippen LogP contribution in [0.5, 0.6) is 11.5 Å². The van der Waals surface area contributed by atoms with Crippen molar-refractivity contribution in [3.8, 4) is 11.5 Å². The Kier molecular flexibility index (Phi) is 5.45. The highest BCUT2D eigenvalue weighted by molar-refractivity contribution is 9.10. The Morgan fingerprint density at radius 2 is 1.80 bits per heavy atom. The van der Waals surface area contributed by atoms with Gasteiger partial charge in [-0.15, -0.1) is 0 Å². The number of benzene rings is 2. The van der Waals surface area contributed by atoms with E-state index < -0.39 is 36.7 Å². The third-order valence-electron chi connectivity index (χ3n) is 4.72. The molecule has 1 unspecified atom stereocenters. The zero-order valence-corrected chi connectivity index (χ0v) is 18.8. The highest BCUT2D eigenvalue weighted by Crippen LogP contribution is 2.58. The number of alkyl halides is 4. The summed E-state index contributed by atoms with van der Waals surface area (Å²) < 4.78 is 95.5. The van der Waals surface area contributed by atoms with E-state index in [9.17, 15) is 26.0 Å². The lowest BCUT2D eigenvalue weighted by Gasteiger charge is -2.25. The van der Waals surface area contributed by atoms with Crippen molar-refractivity contribution in [1.29, 1.82) is 0 Å². The maximum absolute atomic E-state index is 13.7. The van der Waals surface area contributed by atoms with Gasteiger partial charge in [0.1, 0.15) is 17.3 Å².